The van der Waals surface area contributed by atoms with E-state index in [1.165, 1.54) is 4.90 Å². The lowest BCUT2D eigenvalue weighted by molar-refractivity contribution is -0.140. The highest BCUT2D eigenvalue weighted by molar-refractivity contribution is 5.98. The molecule has 1 aromatic rings. The van der Waals surface area contributed by atoms with Gasteiger partial charge in [-0.25, -0.2) is 0 Å². The van der Waals surface area contributed by atoms with Crippen LogP contribution in [0.5, 0.6) is 0 Å². The van der Waals surface area contributed by atoms with E-state index in [4.69, 9.17) is 5.73 Å². The van der Waals surface area contributed by atoms with Crippen molar-refractivity contribution in [1.82, 2.24) is 14.7 Å². The molecule has 1 aliphatic heterocycles. The molecule has 0 aliphatic carbocycles. The van der Waals surface area contributed by atoms with Crippen molar-refractivity contribution >= 4 is 29.9 Å². The number of hydrogen-bond acceptors (Lipinski definition) is 4. The van der Waals surface area contributed by atoms with Crippen LogP contribution < -0.4 is 10.6 Å². The summed E-state index contributed by atoms with van der Waals surface area (Å²) in [5.74, 6) is -0.316. The number of carbonyl (C=O) groups excluding carboxylic acids is 2. The molecule has 1 fully saturated rings. The van der Waals surface area contributed by atoms with E-state index in [9.17, 15) is 9.59 Å². The van der Waals surface area contributed by atoms with Crippen LogP contribution in [-0.4, -0.2) is 51.7 Å². The molecule has 0 unspecified atom stereocenters. The Morgan fingerprint density at radius 1 is 1.40 bits per heavy atom. The first-order chi connectivity index (χ1) is 8.79. The highest BCUT2D eigenvalue weighted by Gasteiger charge is 2.34. The van der Waals surface area contributed by atoms with Crippen molar-refractivity contribution in [3.8, 4) is 0 Å². The Balaban J connectivity index is 0.00000200. The molecule has 0 spiro atoms. The molecule has 0 radical (unpaired) electrons. The van der Waals surface area contributed by atoms with Gasteiger partial charge in [-0.2, -0.15) is 5.10 Å². The van der Waals surface area contributed by atoms with Crippen LogP contribution in [0.4, 0.5) is 5.69 Å². The normalized spacial score (nSPS) is 16.1. The van der Waals surface area contributed by atoms with Gasteiger partial charge in [0.25, 0.3) is 0 Å². The van der Waals surface area contributed by atoms with Crippen molar-refractivity contribution in [1.29, 1.82) is 0 Å². The topological polar surface area (TPSA) is 84.5 Å². The zero-order valence-corrected chi connectivity index (χ0v) is 12.7. The summed E-state index contributed by atoms with van der Waals surface area (Å²) in [6.45, 7) is 4.31. The first-order valence-corrected chi connectivity index (χ1v) is 6.16. The predicted molar refractivity (Wildman–Crippen MR) is 77.7 cm³/mol. The monoisotopic (exact) mass is 301 g/mol. The maximum atomic E-state index is 12.1. The average Bonchev–Trinajstić information content (AvgIpc) is 2.73. The van der Waals surface area contributed by atoms with Gasteiger partial charge in [0.15, 0.2) is 0 Å². The zero-order valence-electron chi connectivity index (χ0n) is 11.9. The molecule has 20 heavy (non-hydrogen) atoms. The van der Waals surface area contributed by atoms with Gasteiger partial charge in [0, 0.05) is 26.3 Å². The van der Waals surface area contributed by atoms with E-state index in [0.717, 1.165) is 5.69 Å². The SMILES string of the molecule is Cl.Cn1cc(N2CCN(C(=O)C(C)(C)N)CC2=O)cn1. The van der Waals surface area contributed by atoms with Crippen LogP contribution in [0.2, 0.25) is 0 Å². The van der Waals surface area contributed by atoms with Gasteiger partial charge < -0.3 is 15.5 Å². The molecule has 2 amide bonds. The highest BCUT2D eigenvalue weighted by atomic mass is 35.5. The van der Waals surface area contributed by atoms with Crippen molar-refractivity contribution < 1.29 is 9.59 Å². The minimum Gasteiger partial charge on any atom is -0.330 e. The number of carbonyl (C=O) groups is 2. The average molecular weight is 302 g/mol. The molecule has 1 aliphatic rings. The summed E-state index contributed by atoms with van der Waals surface area (Å²) in [4.78, 5) is 27.3. The predicted octanol–water partition coefficient (Wildman–Crippen LogP) is -0.246. The van der Waals surface area contributed by atoms with Gasteiger partial charge in [0.05, 0.1) is 17.4 Å². The first-order valence-electron chi connectivity index (χ1n) is 6.16. The fourth-order valence-corrected chi connectivity index (χ4v) is 2.07. The maximum absolute atomic E-state index is 12.1. The van der Waals surface area contributed by atoms with Crippen LogP contribution in [0, 0.1) is 0 Å². The van der Waals surface area contributed by atoms with Crippen molar-refractivity contribution in [2.45, 2.75) is 19.4 Å². The van der Waals surface area contributed by atoms with Gasteiger partial charge in [-0.3, -0.25) is 14.3 Å². The van der Waals surface area contributed by atoms with E-state index in [1.807, 2.05) is 0 Å². The van der Waals surface area contributed by atoms with Gasteiger partial charge in [-0.1, -0.05) is 0 Å². The molecule has 2 heterocycles. The second-order valence-electron chi connectivity index (χ2n) is 5.37. The van der Waals surface area contributed by atoms with Crippen LogP contribution in [0.15, 0.2) is 12.4 Å². The summed E-state index contributed by atoms with van der Waals surface area (Å²) in [5.41, 5.74) is 5.58. The third-order valence-electron chi connectivity index (χ3n) is 3.06. The number of nitrogens with two attached hydrogens (primary N) is 1. The summed E-state index contributed by atoms with van der Waals surface area (Å²) in [6.07, 6.45) is 3.42. The number of aromatic nitrogens is 2. The second kappa shape index (κ2) is 5.80. The van der Waals surface area contributed by atoms with E-state index in [1.54, 1.807) is 42.9 Å². The summed E-state index contributed by atoms with van der Waals surface area (Å²) >= 11 is 0. The molecule has 0 atom stereocenters. The van der Waals surface area contributed by atoms with Gasteiger partial charge in [0.2, 0.25) is 11.8 Å². The van der Waals surface area contributed by atoms with Crippen LogP contribution >= 0.6 is 12.4 Å². The zero-order chi connectivity index (χ0) is 14.2. The Morgan fingerprint density at radius 2 is 2.05 bits per heavy atom. The van der Waals surface area contributed by atoms with Crippen molar-refractivity contribution in [3.63, 3.8) is 0 Å². The molecule has 0 aromatic carbocycles. The molecule has 0 bridgehead atoms. The van der Waals surface area contributed by atoms with Gasteiger partial charge in [0.1, 0.15) is 6.54 Å². The number of halogens is 1. The maximum Gasteiger partial charge on any atom is 0.246 e. The van der Waals surface area contributed by atoms with Crippen LogP contribution in [0.1, 0.15) is 13.8 Å². The largest absolute Gasteiger partial charge is 0.330 e. The van der Waals surface area contributed by atoms with Gasteiger partial charge in [-0.05, 0) is 13.8 Å². The Hall–Kier alpha value is -1.60. The molecule has 0 saturated carbocycles. The molecular weight excluding hydrogens is 282 g/mol. The molecule has 2 N–H and O–H groups in total. The molecule has 1 aromatic heterocycles. The minimum atomic E-state index is -0.948. The summed E-state index contributed by atoms with van der Waals surface area (Å²) in [7, 11) is 1.80. The van der Waals surface area contributed by atoms with E-state index >= 15 is 0 Å². The molecule has 8 heteroatoms. The molecule has 1 saturated heterocycles. The van der Waals surface area contributed by atoms with Crippen molar-refractivity contribution in [2.24, 2.45) is 12.8 Å². The van der Waals surface area contributed by atoms with E-state index in [2.05, 4.69) is 5.10 Å². The third-order valence-corrected chi connectivity index (χ3v) is 3.06. The fourth-order valence-electron chi connectivity index (χ4n) is 2.07. The molecule has 7 nitrogen and oxygen atoms in total. The molecule has 2 rings (SSSR count). The number of amides is 2. The Morgan fingerprint density at radius 3 is 2.50 bits per heavy atom. The first kappa shape index (κ1) is 16.5. The quantitative estimate of drug-likeness (QED) is 0.817. The standard InChI is InChI=1S/C12H19N5O2.ClH/c1-12(2,13)11(19)16-4-5-17(10(18)8-16)9-6-14-15(3)7-9;/h6-7H,4-5,8,13H2,1-3H3;1H. The van der Waals surface area contributed by atoms with Crippen LogP contribution in [0.3, 0.4) is 0 Å². The third kappa shape index (κ3) is 3.29. The van der Waals surface area contributed by atoms with Crippen molar-refractivity contribution in [2.75, 3.05) is 24.5 Å². The van der Waals surface area contributed by atoms with Crippen LogP contribution in [0.25, 0.3) is 0 Å². The van der Waals surface area contributed by atoms with Gasteiger partial charge in [-0.15, -0.1) is 12.4 Å². The number of nitrogens with zero attached hydrogens (tertiary/aromatic N) is 4. The summed E-state index contributed by atoms with van der Waals surface area (Å²) in [6, 6.07) is 0. The molecule has 112 valence electrons. The van der Waals surface area contributed by atoms with E-state index in [-0.39, 0.29) is 30.8 Å². The summed E-state index contributed by atoms with van der Waals surface area (Å²) in [5, 5.41) is 4.04. The number of anilines is 1. The smallest absolute Gasteiger partial charge is 0.246 e. The Bertz CT molecular complexity index is 508. The van der Waals surface area contributed by atoms with Gasteiger partial charge >= 0.3 is 0 Å². The summed E-state index contributed by atoms with van der Waals surface area (Å²) < 4.78 is 1.64. The Labute approximate surface area is 124 Å². The molecular formula is C12H20ClN5O2. The lowest BCUT2D eigenvalue weighted by atomic mass is 10.0. The van der Waals surface area contributed by atoms with Crippen LogP contribution in [-0.2, 0) is 16.6 Å². The van der Waals surface area contributed by atoms with Crippen molar-refractivity contribution in [3.05, 3.63) is 12.4 Å². The number of hydrogen-bond donors (Lipinski definition) is 1. The Kier molecular flexibility index (Phi) is 4.77. The number of aryl methyl sites for hydroxylation is 1. The lowest BCUT2D eigenvalue weighted by Crippen LogP contribution is -2.58. The van der Waals surface area contributed by atoms with E-state index < -0.39 is 5.54 Å². The lowest BCUT2D eigenvalue weighted by Gasteiger charge is -2.36. The van der Waals surface area contributed by atoms with E-state index in [0.29, 0.717) is 13.1 Å². The highest BCUT2D eigenvalue weighted by Crippen LogP contribution is 2.17. The second-order valence-corrected chi connectivity index (χ2v) is 5.37. The number of rotatable bonds is 2. The minimum absolute atomic E-state index is 0. The number of piperazine rings is 1. The fraction of sp³-hybridized carbons (Fsp3) is 0.583.